The van der Waals surface area contributed by atoms with Crippen molar-refractivity contribution >= 4 is 64.9 Å². The van der Waals surface area contributed by atoms with Crippen molar-refractivity contribution < 1.29 is 4.79 Å². The summed E-state index contributed by atoms with van der Waals surface area (Å²) in [4.78, 5) is 13.6. The highest BCUT2D eigenvalue weighted by molar-refractivity contribution is 9.11. The van der Waals surface area contributed by atoms with Crippen LogP contribution >= 0.6 is 59.1 Å². The van der Waals surface area contributed by atoms with Crippen molar-refractivity contribution in [2.45, 2.75) is 13.3 Å². The summed E-state index contributed by atoms with van der Waals surface area (Å²) in [5, 5.41) is 0. The van der Waals surface area contributed by atoms with Crippen LogP contribution < -0.4 is 0 Å². The Bertz CT molecular complexity index is 581. The van der Waals surface area contributed by atoms with E-state index in [0.717, 1.165) is 28.7 Å². The van der Waals surface area contributed by atoms with Crippen molar-refractivity contribution in [3.8, 4) is 10.4 Å². The first kappa shape index (κ1) is 14.4. The molecule has 0 aliphatic heterocycles. The second-order valence-corrected chi connectivity index (χ2v) is 7.39. The van der Waals surface area contributed by atoms with E-state index >= 15 is 0 Å². The quantitative estimate of drug-likeness (QED) is 0.500. The molecule has 1 aromatic heterocycles. The van der Waals surface area contributed by atoms with Crippen LogP contribution in [0.2, 0.25) is 0 Å². The minimum atomic E-state index is 0.190. The molecule has 5 heteroatoms. The molecule has 0 unspecified atom stereocenters. The van der Waals surface area contributed by atoms with E-state index in [2.05, 4.69) is 47.8 Å². The Balaban J connectivity index is 2.49. The average Bonchev–Trinajstić information content (AvgIpc) is 2.76. The molecule has 0 aliphatic rings. The van der Waals surface area contributed by atoms with Crippen LogP contribution in [0, 0.1) is 0 Å². The van der Waals surface area contributed by atoms with Crippen LogP contribution in [0.25, 0.3) is 10.4 Å². The maximum absolute atomic E-state index is 11.7. The lowest BCUT2D eigenvalue weighted by Crippen LogP contribution is -1.90. The Morgan fingerprint density at radius 2 is 1.78 bits per heavy atom. The zero-order valence-electron chi connectivity index (χ0n) is 9.47. The number of benzene rings is 1. The number of halogens is 3. The third-order valence-electron chi connectivity index (χ3n) is 2.46. The van der Waals surface area contributed by atoms with Crippen molar-refractivity contribution in [3.05, 3.63) is 42.6 Å². The van der Waals surface area contributed by atoms with Gasteiger partial charge in [-0.3, -0.25) is 4.79 Å². The van der Waals surface area contributed by atoms with Gasteiger partial charge in [0.25, 0.3) is 0 Å². The van der Waals surface area contributed by atoms with Gasteiger partial charge in [-0.2, -0.15) is 0 Å². The minimum absolute atomic E-state index is 0.190. The normalized spacial score (nSPS) is 10.7. The number of ketones is 1. The maximum atomic E-state index is 11.7. The molecule has 0 N–H and O–H groups in total. The van der Waals surface area contributed by atoms with Crippen molar-refractivity contribution in [1.82, 2.24) is 0 Å². The largest absolute Gasteiger partial charge is 0.293 e. The lowest BCUT2D eigenvalue weighted by molar-refractivity contribution is 0.0992. The predicted octanol–water partition coefficient (Wildman–Crippen LogP) is 6.30. The van der Waals surface area contributed by atoms with Gasteiger partial charge in [-0.1, -0.05) is 54.7 Å². The number of thiophene rings is 1. The highest BCUT2D eigenvalue weighted by atomic mass is 79.9. The first-order valence-corrected chi connectivity index (χ1v) is 8.50. The number of Topliss-reactive ketones (excluding diaryl/α,β-unsaturated/α-hetero) is 1. The van der Waals surface area contributed by atoms with E-state index in [1.54, 1.807) is 0 Å². The van der Waals surface area contributed by atoms with E-state index in [4.69, 9.17) is 0 Å². The molecule has 0 saturated carbocycles. The average molecular weight is 453 g/mol. The van der Waals surface area contributed by atoms with Gasteiger partial charge in [-0.05, 0) is 24.3 Å². The smallest absolute Gasteiger partial charge is 0.172 e. The Labute approximate surface area is 135 Å². The molecule has 2 rings (SSSR count). The van der Waals surface area contributed by atoms with Crippen molar-refractivity contribution in [3.63, 3.8) is 0 Å². The summed E-state index contributed by atoms with van der Waals surface area (Å²) in [6, 6.07) is 7.89. The molecular weight excluding hydrogens is 444 g/mol. The predicted molar refractivity (Wildman–Crippen MR) is 87.5 cm³/mol. The summed E-state index contributed by atoms with van der Waals surface area (Å²) in [5.41, 5.74) is 1.08. The van der Waals surface area contributed by atoms with Crippen LogP contribution in [0.4, 0.5) is 0 Å². The summed E-state index contributed by atoms with van der Waals surface area (Å²) >= 11 is 12.1. The fourth-order valence-electron chi connectivity index (χ4n) is 1.57. The van der Waals surface area contributed by atoms with Crippen LogP contribution in [-0.4, -0.2) is 5.78 Å². The van der Waals surface area contributed by atoms with Gasteiger partial charge in [0, 0.05) is 30.3 Å². The molecule has 1 aromatic carbocycles. The fraction of sp³-hybridized carbons (Fsp3) is 0.154. The van der Waals surface area contributed by atoms with Gasteiger partial charge in [-0.15, -0.1) is 11.3 Å². The number of hydrogen-bond donors (Lipinski definition) is 0. The van der Waals surface area contributed by atoms with Gasteiger partial charge in [0.15, 0.2) is 5.78 Å². The Hall–Kier alpha value is 0.0300. The van der Waals surface area contributed by atoms with Gasteiger partial charge < -0.3 is 0 Å². The van der Waals surface area contributed by atoms with E-state index in [-0.39, 0.29) is 5.78 Å². The van der Waals surface area contributed by atoms with Crippen molar-refractivity contribution in [1.29, 1.82) is 0 Å². The third-order valence-corrected chi connectivity index (χ3v) is 5.31. The standard InChI is InChI=1S/C13H9Br3OS/c1-2-10(17)11-3-4-12(18-11)13-8(15)5-7(14)6-9(13)16/h3-6H,2H2,1H3. The molecule has 0 amide bonds. The summed E-state index contributed by atoms with van der Waals surface area (Å²) in [6.45, 7) is 1.88. The van der Waals surface area contributed by atoms with Crippen LogP contribution in [-0.2, 0) is 0 Å². The highest BCUT2D eigenvalue weighted by Gasteiger charge is 2.13. The molecule has 0 radical (unpaired) electrons. The zero-order chi connectivity index (χ0) is 13.3. The highest BCUT2D eigenvalue weighted by Crippen LogP contribution is 2.40. The SMILES string of the molecule is CCC(=O)c1ccc(-c2c(Br)cc(Br)cc2Br)s1. The molecule has 0 aliphatic carbocycles. The molecule has 0 atom stereocenters. The fourth-order valence-corrected chi connectivity index (χ4v) is 5.61. The zero-order valence-corrected chi connectivity index (χ0v) is 15.0. The van der Waals surface area contributed by atoms with E-state index in [1.165, 1.54) is 11.3 Å². The van der Waals surface area contributed by atoms with Gasteiger partial charge in [-0.25, -0.2) is 0 Å². The number of carbonyl (C=O) groups is 1. The van der Waals surface area contributed by atoms with Crippen molar-refractivity contribution in [2.75, 3.05) is 0 Å². The molecule has 0 spiro atoms. The van der Waals surface area contributed by atoms with Crippen LogP contribution in [0.5, 0.6) is 0 Å². The van der Waals surface area contributed by atoms with Crippen LogP contribution in [0.15, 0.2) is 37.7 Å². The number of carbonyl (C=O) groups excluding carboxylic acids is 1. The van der Waals surface area contributed by atoms with Gasteiger partial charge in [0.1, 0.15) is 0 Å². The molecule has 18 heavy (non-hydrogen) atoms. The molecule has 0 saturated heterocycles. The summed E-state index contributed by atoms with van der Waals surface area (Å²) < 4.78 is 3.01. The first-order valence-electron chi connectivity index (χ1n) is 5.31. The Morgan fingerprint density at radius 1 is 1.17 bits per heavy atom. The third kappa shape index (κ3) is 2.95. The van der Waals surface area contributed by atoms with Gasteiger partial charge in [0.2, 0.25) is 0 Å². The maximum Gasteiger partial charge on any atom is 0.172 e. The Morgan fingerprint density at radius 3 is 2.33 bits per heavy atom. The van der Waals surface area contributed by atoms with Crippen LogP contribution in [0.1, 0.15) is 23.0 Å². The molecule has 94 valence electrons. The molecule has 0 fully saturated rings. The number of rotatable bonds is 3. The summed E-state index contributed by atoms with van der Waals surface area (Å²) in [6.07, 6.45) is 0.544. The van der Waals surface area contributed by atoms with E-state index in [1.807, 2.05) is 31.2 Å². The molecule has 0 bridgehead atoms. The lowest BCUT2D eigenvalue weighted by atomic mass is 10.2. The summed E-state index contributed by atoms with van der Waals surface area (Å²) in [7, 11) is 0. The first-order chi connectivity index (χ1) is 8.52. The van der Waals surface area contributed by atoms with Crippen LogP contribution in [0.3, 0.4) is 0 Å². The Kier molecular flexibility index (Phi) is 4.80. The molecule has 1 heterocycles. The van der Waals surface area contributed by atoms with E-state index < -0.39 is 0 Å². The van der Waals surface area contributed by atoms with E-state index in [9.17, 15) is 4.79 Å². The molecule has 2 aromatic rings. The summed E-state index contributed by atoms with van der Waals surface area (Å²) in [5.74, 6) is 0.190. The monoisotopic (exact) mass is 450 g/mol. The van der Waals surface area contributed by atoms with E-state index in [0.29, 0.717) is 6.42 Å². The van der Waals surface area contributed by atoms with Gasteiger partial charge >= 0.3 is 0 Å². The van der Waals surface area contributed by atoms with Crippen molar-refractivity contribution in [2.24, 2.45) is 0 Å². The molecular formula is C13H9Br3OS. The lowest BCUT2D eigenvalue weighted by Gasteiger charge is -2.06. The second-order valence-electron chi connectivity index (χ2n) is 3.69. The molecule has 1 nitrogen and oxygen atoms in total. The van der Waals surface area contributed by atoms with Gasteiger partial charge in [0.05, 0.1) is 4.88 Å². The minimum Gasteiger partial charge on any atom is -0.293 e. The topological polar surface area (TPSA) is 17.1 Å². The number of hydrogen-bond acceptors (Lipinski definition) is 2. The second kappa shape index (κ2) is 5.99.